The van der Waals surface area contributed by atoms with Crippen LogP contribution in [0.5, 0.6) is 0 Å². The predicted molar refractivity (Wildman–Crippen MR) is 54.2 cm³/mol. The lowest BCUT2D eigenvalue weighted by molar-refractivity contribution is 0.180. The van der Waals surface area contributed by atoms with Gasteiger partial charge in [-0.1, -0.05) is 20.3 Å². The van der Waals surface area contributed by atoms with Crippen LogP contribution in [0.25, 0.3) is 0 Å². The van der Waals surface area contributed by atoms with E-state index in [-0.39, 0.29) is 0 Å². The van der Waals surface area contributed by atoms with Crippen LogP contribution in [-0.2, 0) is 0 Å². The summed E-state index contributed by atoms with van der Waals surface area (Å²) in [7, 11) is 2.08. The third kappa shape index (κ3) is 2.22. The zero-order chi connectivity index (χ0) is 9.14. The van der Waals surface area contributed by atoms with Gasteiger partial charge in [-0.2, -0.15) is 0 Å². The third-order valence-corrected chi connectivity index (χ3v) is 3.80. The van der Waals surface area contributed by atoms with Crippen molar-refractivity contribution in [2.75, 3.05) is 7.05 Å². The number of nitrogens with one attached hydrogen (secondary N) is 1. The van der Waals surface area contributed by atoms with Gasteiger partial charge in [0.1, 0.15) is 0 Å². The molecule has 12 heavy (non-hydrogen) atoms. The van der Waals surface area contributed by atoms with Gasteiger partial charge in [-0.05, 0) is 44.6 Å². The normalized spacial score (nSPS) is 39.5. The van der Waals surface area contributed by atoms with Crippen molar-refractivity contribution in [3.8, 4) is 0 Å². The van der Waals surface area contributed by atoms with Crippen molar-refractivity contribution in [1.29, 1.82) is 0 Å². The number of hydrogen-bond acceptors (Lipinski definition) is 1. The summed E-state index contributed by atoms with van der Waals surface area (Å²) in [6, 6.07) is 0.708. The standard InChI is InChI=1S/C11H23N/c1-8-5-6-11(7-9(8)2)10(3)12-4/h8-12H,5-7H2,1-4H3. The summed E-state index contributed by atoms with van der Waals surface area (Å²) in [4.78, 5) is 0. The Labute approximate surface area is 76.9 Å². The highest BCUT2D eigenvalue weighted by atomic mass is 14.9. The molecule has 0 aromatic heterocycles. The largest absolute Gasteiger partial charge is 0.317 e. The first-order valence-electron chi connectivity index (χ1n) is 5.32. The molecule has 1 fully saturated rings. The highest BCUT2D eigenvalue weighted by Gasteiger charge is 2.27. The first kappa shape index (κ1) is 10.0. The molecule has 1 aliphatic carbocycles. The van der Waals surface area contributed by atoms with Gasteiger partial charge in [0.25, 0.3) is 0 Å². The summed E-state index contributed by atoms with van der Waals surface area (Å²) >= 11 is 0. The Morgan fingerprint density at radius 2 is 1.83 bits per heavy atom. The molecular formula is C11H23N. The summed E-state index contributed by atoms with van der Waals surface area (Å²) in [6.45, 7) is 7.11. The molecule has 0 amide bonds. The molecule has 1 nitrogen and oxygen atoms in total. The second-order valence-electron chi connectivity index (χ2n) is 4.61. The fraction of sp³-hybridized carbons (Fsp3) is 1.00. The van der Waals surface area contributed by atoms with E-state index >= 15 is 0 Å². The average molecular weight is 169 g/mol. The fourth-order valence-electron chi connectivity index (χ4n) is 2.28. The molecule has 0 spiro atoms. The van der Waals surface area contributed by atoms with Gasteiger partial charge >= 0.3 is 0 Å². The molecule has 0 bridgehead atoms. The monoisotopic (exact) mass is 169 g/mol. The Morgan fingerprint density at radius 1 is 1.17 bits per heavy atom. The maximum atomic E-state index is 3.37. The second kappa shape index (κ2) is 4.27. The van der Waals surface area contributed by atoms with Crippen LogP contribution >= 0.6 is 0 Å². The Hall–Kier alpha value is -0.0400. The zero-order valence-electron chi connectivity index (χ0n) is 8.93. The van der Waals surface area contributed by atoms with E-state index in [1.54, 1.807) is 0 Å². The Kier molecular flexibility index (Phi) is 3.57. The molecule has 1 heteroatoms. The van der Waals surface area contributed by atoms with Crippen LogP contribution < -0.4 is 5.32 Å². The molecule has 1 N–H and O–H groups in total. The smallest absolute Gasteiger partial charge is 0.00641 e. The fourth-order valence-corrected chi connectivity index (χ4v) is 2.28. The number of rotatable bonds is 2. The third-order valence-electron chi connectivity index (χ3n) is 3.80. The van der Waals surface area contributed by atoms with Gasteiger partial charge in [0.05, 0.1) is 0 Å². The van der Waals surface area contributed by atoms with E-state index in [0.29, 0.717) is 6.04 Å². The van der Waals surface area contributed by atoms with Gasteiger partial charge in [0, 0.05) is 6.04 Å². The first-order chi connectivity index (χ1) is 5.65. The molecule has 72 valence electrons. The summed E-state index contributed by atoms with van der Waals surface area (Å²) in [5.41, 5.74) is 0. The lowest BCUT2D eigenvalue weighted by atomic mass is 9.73. The van der Waals surface area contributed by atoms with Crippen LogP contribution in [0.4, 0.5) is 0 Å². The number of hydrogen-bond donors (Lipinski definition) is 1. The van der Waals surface area contributed by atoms with Gasteiger partial charge < -0.3 is 5.32 Å². The summed E-state index contributed by atoms with van der Waals surface area (Å²) < 4.78 is 0. The van der Waals surface area contributed by atoms with Crippen molar-refractivity contribution >= 4 is 0 Å². The van der Waals surface area contributed by atoms with Crippen molar-refractivity contribution in [2.24, 2.45) is 17.8 Å². The molecule has 4 unspecified atom stereocenters. The quantitative estimate of drug-likeness (QED) is 0.670. The highest BCUT2D eigenvalue weighted by molar-refractivity contribution is 4.80. The maximum absolute atomic E-state index is 3.37. The van der Waals surface area contributed by atoms with Crippen molar-refractivity contribution in [2.45, 2.75) is 46.1 Å². The molecule has 0 radical (unpaired) electrons. The van der Waals surface area contributed by atoms with Crippen LogP contribution in [0.3, 0.4) is 0 Å². The highest BCUT2D eigenvalue weighted by Crippen LogP contribution is 2.34. The Morgan fingerprint density at radius 3 is 2.33 bits per heavy atom. The van der Waals surface area contributed by atoms with E-state index in [9.17, 15) is 0 Å². The Balaban J connectivity index is 2.39. The van der Waals surface area contributed by atoms with Gasteiger partial charge in [-0.25, -0.2) is 0 Å². The van der Waals surface area contributed by atoms with E-state index < -0.39 is 0 Å². The van der Waals surface area contributed by atoms with E-state index in [1.165, 1.54) is 19.3 Å². The predicted octanol–water partition coefficient (Wildman–Crippen LogP) is 2.67. The van der Waals surface area contributed by atoms with E-state index in [0.717, 1.165) is 17.8 Å². The minimum atomic E-state index is 0.708. The lowest BCUT2D eigenvalue weighted by Gasteiger charge is -2.35. The van der Waals surface area contributed by atoms with Crippen LogP contribution in [0.15, 0.2) is 0 Å². The van der Waals surface area contributed by atoms with Crippen LogP contribution in [-0.4, -0.2) is 13.1 Å². The molecule has 0 aromatic rings. The van der Waals surface area contributed by atoms with Gasteiger partial charge in [0.15, 0.2) is 0 Å². The minimum absolute atomic E-state index is 0.708. The van der Waals surface area contributed by atoms with E-state index in [1.807, 2.05) is 0 Å². The molecule has 1 saturated carbocycles. The van der Waals surface area contributed by atoms with Crippen LogP contribution in [0.1, 0.15) is 40.0 Å². The minimum Gasteiger partial charge on any atom is -0.317 e. The topological polar surface area (TPSA) is 12.0 Å². The van der Waals surface area contributed by atoms with Crippen LogP contribution in [0.2, 0.25) is 0 Å². The van der Waals surface area contributed by atoms with Gasteiger partial charge in [-0.3, -0.25) is 0 Å². The molecule has 0 aliphatic heterocycles. The second-order valence-corrected chi connectivity index (χ2v) is 4.61. The van der Waals surface area contributed by atoms with Crippen molar-refractivity contribution in [1.82, 2.24) is 5.32 Å². The molecule has 0 aromatic carbocycles. The van der Waals surface area contributed by atoms with Gasteiger partial charge in [0.2, 0.25) is 0 Å². The SMILES string of the molecule is CNC(C)C1CCC(C)C(C)C1. The first-order valence-corrected chi connectivity index (χ1v) is 5.32. The molecule has 0 heterocycles. The van der Waals surface area contributed by atoms with E-state index in [2.05, 4.69) is 33.1 Å². The molecule has 1 aliphatic rings. The molecule has 0 saturated heterocycles. The summed E-state index contributed by atoms with van der Waals surface area (Å²) in [6.07, 6.45) is 4.27. The Bertz CT molecular complexity index is 133. The molecular weight excluding hydrogens is 146 g/mol. The van der Waals surface area contributed by atoms with Crippen molar-refractivity contribution in [3.63, 3.8) is 0 Å². The maximum Gasteiger partial charge on any atom is 0.00641 e. The summed E-state index contributed by atoms with van der Waals surface area (Å²) in [5.74, 6) is 2.80. The lowest BCUT2D eigenvalue weighted by Crippen LogP contribution is -2.35. The molecule has 4 atom stereocenters. The van der Waals surface area contributed by atoms with Crippen LogP contribution in [0, 0.1) is 17.8 Å². The van der Waals surface area contributed by atoms with Crippen molar-refractivity contribution in [3.05, 3.63) is 0 Å². The molecule has 1 rings (SSSR count). The zero-order valence-corrected chi connectivity index (χ0v) is 8.93. The van der Waals surface area contributed by atoms with E-state index in [4.69, 9.17) is 0 Å². The summed E-state index contributed by atoms with van der Waals surface area (Å²) in [5, 5.41) is 3.37. The average Bonchev–Trinajstić information content (AvgIpc) is 2.08. The van der Waals surface area contributed by atoms with Crippen molar-refractivity contribution < 1.29 is 0 Å². The van der Waals surface area contributed by atoms with Gasteiger partial charge in [-0.15, -0.1) is 0 Å².